The van der Waals surface area contributed by atoms with E-state index in [4.69, 9.17) is 4.74 Å². The molecule has 0 aromatic heterocycles. The van der Waals surface area contributed by atoms with Gasteiger partial charge < -0.3 is 14.7 Å². The quantitative estimate of drug-likeness (QED) is 0.844. The highest BCUT2D eigenvalue weighted by Gasteiger charge is 2.61. The summed E-state index contributed by atoms with van der Waals surface area (Å²) in [6, 6.07) is 0. The lowest BCUT2D eigenvalue weighted by atomic mass is 9.70. The number of rotatable bonds is 5. The van der Waals surface area contributed by atoms with Gasteiger partial charge in [0.15, 0.2) is 0 Å². The SMILES string of the molecule is CC1(C)[C@H]2CC[C@@]1(C)[C@@H](OC[C@H](O)CN1CCCCCC1)C2. The number of hydrogen-bond acceptors (Lipinski definition) is 3. The third-order valence-corrected chi connectivity index (χ3v) is 7.37. The predicted molar refractivity (Wildman–Crippen MR) is 89.9 cm³/mol. The van der Waals surface area contributed by atoms with Crippen molar-refractivity contribution in [2.24, 2.45) is 16.7 Å². The molecule has 4 atom stereocenters. The number of nitrogens with zero attached hydrogens (tertiary/aromatic N) is 1. The van der Waals surface area contributed by atoms with Gasteiger partial charge in [-0.15, -0.1) is 0 Å². The van der Waals surface area contributed by atoms with E-state index in [0.29, 0.717) is 23.5 Å². The zero-order valence-electron chi connectivity index (χ0n) is 14.8. The molecule has 3 heteroatoms. The third kappa shape index (κ3) is 2.97. The van der Waals surface area contributed by atoms with Crippen LogP contribution in [0.15, 0.2) is 0 Å². The van der Waals surface area contributed by atoms with Crippen LogP contribution in [0, 0.1) is 16.7 Å². The van der Waals surface area contributed by atoms with E-state index in [0.717, 1.165) is 25.6 Å². The second kappa shape index (κ2) is 6.41. The molecule has 3 aliphatic rings. The van der Waals surface area contributed by atoms with Crippen LogP contribution in [0.3, 0.4) is 0 Å². The van der Waals surface area contributed by atoms with Crippen LogP contribution in [0.4, 0.5) is 0 Å². The van der Waals surface area contributed by atoms with Gasteiger partial charge in [-0.3, -0.25) is 0 Å². The van der Waals surface area contributed by atoms with Crippen molar-refractivity contribution in [3.63, 3.8) is 0 Å². The Labute approximate surface area is 136 Å². The predicted octanol–water partition coefficient (Wildman–Crippen LogP) is 3.45. The first-order valence-corrected chi connectivity index (χ1v) is 9.45. The van der Waals surface area contributed by atoms with Crippen LogP contribution < -0.4 is 0 Å². The summed E-state index contributed by atoms with van der Waals surface area (Å²) < 4.78 is 6.23. The van der Waals surface area contributed by atoms with Crippen LogP contribution in [0.25, 0.3) is 0 Å². The van der Waals surface area contributed by atoms with E-state index in [1.807, 2.05) is 0 Å². The molecule has 0 spiro atoms. The number of fused-ring (bicyclic) bond motifs is 2. The molecule has 22 heavy (non-hydrogen) atoms. The first kappa shape index (κ1) is 16.7. The number of ether oxygens (including phenoxy) is 1. The van der Waals surface area contributed by atoms with Gasteiger partial charge >= 0.3 is 0 Å². The van der Waals surface area contributed by atoms with Gasteiger partial charge in [-0.2, -0.15) is 0 Å². The lowest BCUT2D eigenvalue weighted by Gasteiger charge is -2.39. The minimum Gasteiger partial charge on any atom is -0.389 e. The van der Waals surface area contributed by atoms with Crippen molar-refractivity contribution < 1.29 is 9.84 Å². The number of aliphatic hydroxyl groups excluding tert-OH is 1. The molecule has 0 aromatic rings. The van der Waals surface area contributed by atoms with Gasteiger partial charge in [0.1, 0.15) is 0 Å². The zero-order chi connectivity index (χ0) is 15.8. The van der Waals surface area contributed by atoms with E-state index in [2.05, 4.69) is 25.7 Å². The van der Waals surface area contributed by atoms with Crippen LogP contribution in [0.1, 0.15) is 65.7 Å². The number of aliphatic hydroxyl groups is 1. The Kier molecular flexibility index (Phi) is 4.87. The molecule has 1 saturated heterocycles. The maximum atomic E-state index is 10.4. The highest BCUT2D eigenvalue weighted by molar-refractivity contribution is 5.11. The molecule has 0 amide bonds. The van der Waals surface area contributed by atoms with Gasteiger partial charge in [-0.05, 0) is 61.9 Å². The molecule has 3 nitrogen and oxygen atoms in total. The summed E-state index contributed by atoms with van der Waals surface area (Å²) >= 11 is 0. The lowest BCUT2D eigenvalue weighted by Crippen LogP contribution is -2.40. The molecule has 0 radical (unpaired) electrons. The van der Waals surface area contributed by atoms with Gasteiger partial charge in [0, 0.05) is 6.54 Å². The van der Waals surface area contributed by atoms with Crippen LogP contribution in [-0.2, 0) is 4.74 Å². The molecule has 3 rings (SSSR count). The molecule has 1 heterocycles. The van der Waals surface area contributed by atoms with E-state index in [9.17, 15) is 5.11 Å². The average Bonchev–Trinajstić information content (AvgIpc) is 2.74. The Hall–Kier alpha value is -0.120. The maximum Gasteiger partial charge on any atom is 0.0900 e. The highest BCUT2D eigenvalue weighted by atomic mass is 16.5. The van der Waals surface area contributed by atoms with E-state index in [1.54, 1.807) is 0 Å². The second-order valence-electron chi connectivity index (χ2n) is 8.80. The summed E-state index contributed by atoms with van der Waals surface area (Å²) in [5.41, 5.74) is 0.702. The fourth-order valence-corrected chi connectivity index (χ4v) is 5.28. The van der Waals surface area contributed by atoms with Crippen LogP contribution in [0.5, 0.6) is 0 Å². The molecule has 2 saturated carbocycles. The monoisotopic (exact) mass is 309 g/mol. The fraction of sp³-hybridized carbons (Fsp3) is 1.00. The first-order chi connectivity index (χ1) is 10.4. The molecular formula is C19H35NO2. The molecule has 2 bridgehead atoms. The van der Waals surface area contributed by atoms with Gasteiger partial charge in [0.05, 0.1) is 18.8 Å². The van der Waals surface area contributed by atoms with Crippen molar-refractivity contribution in [1.29, 1.82) is 0 Å². The Balaban J connectivity index is 1.46. The van der Waals surface area contributed by atoms with Gasteiger partial charge in [0.25, 0.3) is 0 Å². The van der Waals surface area contributed by atoms with Crippen molar-refractivity contribution in [3.8, 4) is 0 Å². The summed E-state index contributed by atoms with van der Waals surface area (Å²) in [5.74, 6) is 0.810. The Morgan fingerprint density at radius 3 is 2.36 bits per heavy atom. The van der Waals surface area contributed by atoms with E-state index >= 15 is 0 Å². The molecule has 1 N–H and O–H groups in total. The lowest BCUT2D eigenvalue weighted by molar-refractivity contribution is -0.0791. The fourth-order valence-electron chi connectivity index (χ4n) is 5.28. The van der Waals surface area contributed by atoms with Crippen molar-refractivity contribution >= 4 is 0 Å². The largest absolute Gasteiger partial charge is 0.389 e. The average molecular weight is 309 g/mol. The number of β-amino-alcohol motifs (C(OH)–C–C–N with tert-alkyl or cyclic N) is 1. The minimum absolute atomic E-state index is 0.306. The molecule has 3 fully saturated rings. The van der Waals surface area contributed by atoms with Gasteiger partial charge in [-0.1, -0.05) is 33.6 Å². The summed E-state index contributed by atoms with van der Waals surface area (Å²) in [5, 5.41) is 10.4. The van der Waals surface area contributed by atoms with Gasteiger partial charge in [-0.25, -0.2) is 0 Å². The zero-order valence-corrected chi connectivity index (χ0v) is 14.8. The molecular weight excluding hydrogens is 274 g/mol. The van der Waals surface area contributed by atoms with Gasteiger partial charge in [0.2, 0.25) is 0 Å². The Morgan fingerprint density at radius 2 is 1.82 bits per heavy atom. The van der Waals surface area contributed by atoms with Crippen molar-refractivity contribution in [3.05, 3.63) is 0 Å². The van der Waals surface area contributed by atoms with Crippen LogP contribution in [-0.4, -0.2) is 48.5 Å². The molecule has 1 aliphatic heterocycles. The second-order valence-corrected chi connectivity index (χ2v) is 8.80. The summed E-state index contributed by atoms with van der Waals surface area (Å²) in [7, 11) is 0. The summed E-state index contributed by atoms with van der Waals surface area (Å²) in [4.78, 5) is 2.42. The minimum atomic E-state index is -0.330. The highest BCUT2D eigenvalue weighted by Crippen LogP contribution is 2.66. The van der Waals surface area contributed by atoms with Crippen LogP contribution >= 0.6 is 0 Å². The summed E-state index contributed by atoms with van der Waals surface area (Å²) in [6.45, 7) is 10.8. The molecule has 0 unspecified atom stereocenters. The number of likely N-dealkylation sites (tertiary alicyclic amines) is 1. The van der Waals surface area contributed by atoms with Crippen molar-refractivity contribution in [1.82, 2.24) is 4.90 Å². The summed E-state index contributed by atoms with van der Waals surface area (Å²) in [6.07, 6.45) is 9.12. The molecule has 2 aliphatic carbocycles. The smallest absolute Gasteiger partial charge is 0.0900 e. The normalized spacial score (nSPS) is 39.8. The number of hydrogen-bond donors (Lipinski definition) is 1. The first-order valence-electron chi connectivity index (χ1n) is 9.45. The van der Waals surface area contributed by atoms with Crippen molar-refractivity contribution in [2.75, 3.05) is 26.2 Å². The topological polar surface area (TPSA) is 32.7 Å². The van der Waals surface area contributed by atoms with E-state index < -0.39 is 0 Å². The maximum absolute atomic E-state index is 10.4. The van der Waals surface area contributed by atoms with E-state index in [-0.39, 0.29) is 6.10 Å². The Bertz CT molecular complexity index is 376. The van der Waals surface area contributed by atoms with Crippen molar-refractivity contribution in [2.45, 2.75) is 77.9 Å². The van der Waals surface area contributed by atoms with E-state index in [1.165, 1.54) is 44.9 Å². The Morgan fingerprint density at radius 1 is 1.14 bits per heavy atom. The molecule has 128 valence electrons. The molecule has 0 aromatic carbocycles. The standard InChI is InChI=1S/C19H35NO2/c1-18(2)15-8-9-19(18,3)17(12-15)22-14-16(21)13-20-10-6-4-5-7-11-20/h15-17,21H,4-14H2,1-3H3/t15-,16+,17-,19-/m0/s1. The van der Waals surface area contributed by atoms with Crippen LogP contribution in [0.2, 0.25) is 0 Å². The third-order valence-electron chi connectivity index (χ3n) is 7.37.